The molecule has 3 heteroatoms. The first-order valence-corrected chi connectivity index (χ1v) is 5.13. The molecule has 1 aromatic rings. The smallest absolute Gasteiger partial charge is 0.384 e. The topological polar surface area (TPSA) is 26.3 Å². The van der Waals surface area contributed by atoms with Gasteiger partial charge in [0, 0.05) is 16.8 Å². The van der Waals surface area contributed by atoms with Crippen molar-refractivity contribution in [2.75, 3.05) is 7.11 Å². The molecule has 0 fully saturated rings. The van der Waals surface area contributed by atoms with Crippen molar-refractivity contribution >= 4 is 21.9 Å². The fourth-order valence-corrected chi connectivity index (χ4v) is 1.23. The zero-order valence-corrected chi connectivity index (χ0v) is 9.30. The maximum atomic E-state index is 10.7. The van der Waals surface area contributed by atoms with Gasteiger partial charge < -0.3 is 4.74 Å². The molecule has 0 amide bonds. The molecule has 2 nitrogen and oxygen atoms in total. The van der Waals surface area contributed by atoms with Crippen molar-refractivity contribution < 1.29 is 9.53 Å². The van der Waals surface area contributed by atoms with Crippen LogP contribution in [0, 0.1) is 11.8 Å². The number of halogens is 1. The van der Waals surface area contributed by atoms with Gasteiger partial charge in [0.25, 0.3) is 0 Å². The van der Waals surface area contributed by atoms with Crippen LogP contribution in [-0.4, -0.2) is 13.1 Å². The van der Waals surface area contributed by atoms with Crippen LogP contribution in [0.25, 0.3) is 0 Å². The largest absolute Gasteiger partial charge is 0.459 e. The molecule has 1 rings (SSSR count). The SMILES string of the molecule is COC(=O)C#Cc1ccc(CBr)cc1. The summed E-state index contributed by atoms with van der Waals surface area (Å²) in [4.78, 5) is 10.7. The van der Waals surface area contributed by atoms with E-state index in [4.69, 9.17) is 0 Å². The maximum Gasteiger partial charge on any atom is 0.384 e. The third-order valence-electron chi connectivity index (χ3n) is 1.60. The lowest BCUT2D eigenvalue weighted by molar-refractivity contribution is -0.133. The Bertz CT molecular complexity index is 371. The van der Waals surface area contributed by atoms with E-state index in [0.29, 0.717) is 0 Å². The van der Waals surface area contributed by atoms with Crippen molar-refractivity contribution in [3.63, 3.8) is 0 Å². The van der Waals surface area contributed by atoms with Crippen LogP contribution < -0.4 is 0 Å². The average Bonchev–Trinajstić information content (AvgIpc) is 2.26. The lowest BCUT2D eigenvalue weighted by atomic mass is 10.2. The zero-order chi connectivity index (χ0) is 10.4. The molecule has 0 heterocycles. The van der Waals surface area contributed by atoms with Crippen LogP contribution in [-0.2, 0) is 14.9 Å². The summed E-state index contributed by atoms with van der Waals surface area (Å²) < 4.78 is 4.40. The first-order chi connectivity index (χ1) is 6.76. The van der Waals surface area contributed by atoms with Crippen molar-refractivity contribution in [1.82, 2.24) is 0 Å². The third-order valence-corrected chi connectivity index (χ3v) is 2.25. The van der Waals surface area contributed by atoms with E-state index in [2.05, 4.69) is 32.5 Å². The van der Waals surface area contributed by atoms with Gasteiger partial charge >= 0.3 is 5.97 Å². The minimum Gasteiger partial charge on any atom is -0.459 e. The van der Waals surface area contributed by atoms with Gasteiger partial charge in [-0.05, 0) is 17.7 Å². The molecule has 0 N–H and O–H groups in total. The summed E-state index contributed by atoms with van der Waals surface area (Å²) in [6.45, 7) is 0. The van der Waals surface area contributed by atoms with Crippen LogP contribution in [0.2, 0.25) is 0 Å². The fourth-order valence-electron chi connectivity index (χ4n) is 0.851. The molecule has 0 aliphatic carbocycles. The average molecular weight is 253 g/mol. The number of carbonyl (C=O) groups is 1. The second-order valence-corrected chi connectivity index (χ2v) is 3.13. The number of benzene rings is 1. The molecule has 0 aliphatic heterocycles. The van der Waals surface area contributed by atoms with E-state index < -0.39 is 5.97 Å². The van der Waals surface area contributed by atoms with Gasteiger partial charge in [0.2, 0.25) is 0 Å². The molecule has 0 atom stereocenters. The van der Waals surface area contributed by atoms with Crippen LogP contribution in [0.3, 0.4) is 0 Å². The number of hydrogen-bond acceptors (Lipinski definition) is 2. The summed E-state index contributed by atoms with van der Waals surface area (Å²) in [5, 5.41) is 0.817. The van der Waals surface area contributed by atoms with Gasteiger partial charge in [-0.25, -0.2) is 4.79 Å². The number of hydrogen-bond donors (Lipinski definition) is 0. The van der Waals surface area contributed by atoms with E-state index in [1.165, 1.54) is 12.7 Å². The predicted octanol–water partition coefficient (Wildman–Crippen LogP) is 2.11. The quantitative estimate of drug-likeness (QED) is 0.435. The Morgan fingerprint density at radius 2 is 2.07 bits per heavy atom. The normalized spacial score (nSPS) is 8.71. The van der Waals surface area contributed by atoms with Gasteiger partial charge in [0.1, 0.15) is 0 Å². The Labute approximate surface area is 91.4 Å². The Morgan fingerprint density at radius 1 is 1.43 bits per heavy atom. The highest BCUT2D eigenvalue weighted by Crippen LogP contribution is 2.06. The molecular formula is C11H9BrO2. The van der Waals surface area contributed by atoms with Gasteiger partial charge in [-0.2, -0.15) is 0 Å². The molecule has 0 aromatic heterocycles. The van der Waals surface area contributed by atoms with Crippen LogP contribution in [0.5, 0.6) is 0 Å². The summed E-state index contributed by atoms with van der Waals surface area (Å²) in [6, 6.07) is 7.64. The number of methoxy groups -OCH3 is 1. The number of carbonyl (C=O) groups excluding carboxylic acids is 1. The molecular weight excluding hydrogens is 244 g/mol. The van der Waals surface area contributed by atoms with E-state index in [-0.39, 0.29) is 0 Å². The molecule has 14 heavy (non-hydrogen) atoms. The van der Waals surface area contributed by atoms with Crippen LogP contribution in [0.15, 0.2) is 24.3 Å². The number of esters is 1. The summed E-state index contributed by atoms with van der Waals surface area (Å²) in [7, 11) is 1.31. The van der Waals surface area contributed by atoms with E-state index in [0.717, 1.165) is 10.9 Å². The van der Waals surface area contributed by atoms with E-state index in [1.807, 2.05) is 24.3 Å². The van der Waals surface area contributed by atoms with Crippen LogP contribution in [0.4, 0.5) is 0 Å². The van der Waals surface area contributed by atoms with Crippen molar-refractivity contribution in [2.24, 2.45) is 0 Å². The highest BCUT2D eigenvalue weighted by molar-refractivity contribution is 9.08. The summed E-state index contributed by atoms with van der Waals surface area (Å²) in [5.74, 6) is 4.55. The number of rotatable bonds is 1. The standard InChI is InChI=1S/C11H9BrO2/c1-14-11(13)7-6-9-2-4-10(8-12)5-3-9/h2-5H,8H2,1H3. The van der Waals surface area contributed by atoms with Crippen molar-refractivity contribution in [3.8, 4) is 11.8 Å². The molecule has 1 aromatic carbocycles. The molecule has 0 bridgehead atoms. The third kappa shape index (κ3) is 3.23. The van der Waals surface area contributed by atoms with Gasteiger partial charge in [-0.1, -0.05) is 34.0 Å². The Hall–Kier alpha value is -1.27. The molecule has 0 spiro atoms. The molecule has 0 radical (unpaired) electrons. The van der Waals surface area contributed by atoms with Gasteiger partial charge in [0.15, 0.2) is 0 Å². The monoisotopic (exact) mass is 252 g/mol. The number of alkyl halides is 1. The van der Waals surface area contributed by atoms with Crippen LogP contribution >= 0.6 is 15.9 Å². The van der Waals surface area contributed by atoms with Crippen LogP contribution in [0.1, 0.15) is 11.1 Å². The number of ether oxygens (including phenoxy) is 1. The molecule has 0 aliphatic rings. The molecule has 0 saturated heterocycles. The first-order valence-electron chi connectivity index (χ1n) is 4.01. The highest BCUT2D eigenvalue weighted by atomic mass is 79.9. The lowest BCUT2D eigenvalue weighted by Gasteiger charge is -1.93. The summed E-state index contributed by atoms with van der Waals surface area (Å²) >= 11 is 3.35. The second kappa shape index (κ2) is 5.46. The Kier molecular flexibility index (Phi) is 4.21. The minimum absolute atomic E-state index is 0.519. The molecule has 72 valence electrons. The van der Waals surface area contributed by atoms with E-state index >= 15 is 0 Å². The maximum absolute atomic E-state index is 10.7. The summed E-state index contributed by atoms with van der Waals surface area (Å²) in [6.07, 6.45) is 0. The van der Waals surface area contributed by atoms with Crippen molar-refractivity contribution in [1.29, 1.82) is 0 Å². The fraction of sp³-hybridized carbons (Fsp3) is 0.182. The van der Waals surface area contributed by atoms with Gasteiger partial charge in [-0.15, -0.1) is 0 Å². The van der Waals surface area contributed by atoms with E-state index in [1.54, 1.807) is 0 Å². The molecule has 0 saturated carbocycles. The summed E-state index contributed by atoms with van der Waals surface area (Å²) in [5.41, 5.74) is 1.98. The second-order valence-electron chi connectivity index (χ2n) is 2.57. The first kappa shape index (κ1) is 10.8. The predicted molar refractivity (Wildman–Crippen MR) is 58.0 cm³/mol. The Balaban J connectivity index is 2.76. The minimum atomic E-state index is -0.519. The Morgan fingerprint density at radius 3 is 2.57 bits per heavy atom. The molecule has 0 unspecified atom stereocenters. The van der Waals surface area contributed by atoms with Gasteiger partial charge in [-0.3, -0.25) is 0 Å². The zero-order valence-electron chi connectivity index (χ0n) is 7.71. The van der Waals surface area contributed by atoms with Crippen molar-refractivity contribution in [3.05, 3.63) is 35.4 Å². The van der Waals surface area contributed by atoms with E-state index in [9.17, 15) is 4.79 Å². The lowest BCUT2D eigenvalue weighted by Crippen LogP contribution is -1.94. The highest BCUT2D eigenvalue weighted by Gasteiger charge is 1.92. The van der Waals surface area contributed by atoms with Crippen molar-refractivity contribution in [2.45, 2.75) is 5.33 Å². The van der Waals surface area contributed by atoms with Gasteiger partial charge in [0.05, 0.1) is 7.11 Å².